The van der Waals surface area contributed by atoms with Crippen molar-refractivity contribution in [2.45, 2.75) is 39.8 Å². The highest BCUT2D eigenvalue weighted by Crippen LogP contribution is 2.15. The van der Waals surface area contributed by atoms with Gasteiger partial charge in [0.05, 0.1) is 18.8 Å². The topological polar surface area (TPSA) is 50.1 Å². The second-order valence-electron chi connectivity index (χ2n) is 3.56. The first-order valence-corrected chi connectivity index (χ1v) is 5.61. The Morgan fingerprint density at radius 1 is 1.33 bits per heavy atom. The first kappa shape index (κ1) is 12.2. The number of hydrogen-bond donors (Lipinski definition) is 2. The van der Waals surface area contributed by atoms with Crippen LogP contribution in [0.1, 0.15) is 30.8 Å². The van der Waals surface area contributed by atoms with Crippen LogP contribution < -0.4 is 5.32 Å². The maximum Gasteiger partial charge on any atom is 0.0669 e. The highest BCUT2D eigenvalue weighted by molar-refractivity contribution is 5.26. The van der Waals surface area contributed by atoms with Crippen LogP contribution in [0.2, 0.25) is 0 Å². The molecular formula is C11H21N3O. The lowest BCUT2D eigenvalue weighted by atomic mass is 10.1. The third-order valence-corrected chi connectivity index (χ3v) is 2.58. The smallest absolute Gasteiger partial charge is 0.0669 e. The number of nitrogens with one attached hydrogen (secondary N) is 1. The Hall–Kier alpha value is -0.870. The Morgan fingerprint density at radius 2 is 2.07 bits per heavy atom. The summed E-state index contributed by atoms with van der Waals surface area (Å²) >= 11 is 0. The predicted octanol–water partition coefficient (Wildman–Crippen LogP) is 0.720. The van der Waals surface area contributed by atoms with Crippen molar-refractivity contribution in [1.29, 1.82) is 0 Å². The summed E-state index contributed by atoms with van der Waals surface area (Å²) in [6.07, 6.45) is 1.91. The zero-order valence-electron chi connectivity index (χ0n) is 9.88. The molecule has 4 heteroatoms. The average molecular weight is 211 g/mol. The van der Waals surface area contributed by atoms with Crippen molar-refractivity contribution in [1.82, 2.24) is 15.1 Å². The number of aliphatic hydroxyl groups is 1. The van der Waals surface area contributed by atoms with E-state index in [1.165, 1.54) is 11.3 Å². The lowest BCUT2D eigenvalue weighted by molar-refractivity contribution is 0.267. The van der Waals surface area contributed by atoms with Crippen molar-refractivity contribution in [2.75, 3.05) is 13.7 Å². The minimum atomic E-state index is 0.150. The Labute approximate surface area is 91.3 Å². The van der Waals surface area contributed by atoms with E-state index in [9.17, 15) is 0 Å². The normalized spacial score (nSPS) is 10.9. The van der Waals surface area contributed by atoms with E-state index in [-0.39, 0.29) is 6.61 Å². The van der Waals surface area contributed by atoms with Gasteiger partial charge in [-0.1, -0.05) is 13.8 Å². The van der Waals surface area contributed by atoms with Crippen LogP contribution in [0.4, 0.5) is 0 Å². The maximum atomic E-state index is 8.97. The molecule has 1 aromatic rings. The molecule has 2 N–H and O–H groups in total. The van der Waals surface area contributed by atoms with Crippen LogP contribution in [0.5, 0.6) is 0 Å². The molecule has 0 atom stereocenters. The molecule has 0 unspecified atom stereocenters. The predicted molar refractivity (Wildman–Crippen MR) is 60.8 cm³/mol. The molecule has 0 aliphatic rings. The molecule has 1 rings (SSSR count). The third kappa shape index (κ3) is 2.58. The Kier molecular flexibility index (Phi) is 4.78. The van der Waals surface area contributed by atoms with E-state index < -0.39 is 0 Å². The first-order valence-electron chi connectivity index (χ1n) is 5.61. The molecule has 0 bridgehead atoms. The summed E-state index contributed by atoms with van der Waals surface area (Å²) < 4.78 is 1.94. The molecule has 0 saturated carbocycles. The summed E-state index contributed by atoms with van der Waals surface area (Å²) in [5, 5.41) is 16.7. The number of hydrogen-bond acceptors (Lipinski definition) is 3. The van der Waals surface area contributed by atoms with E-state index in [4.69, 9.17) is 5.11 Å². The average Bonchev–Trinajstić information content (AvgIpc) is 2.57. The third-order valence-electron chi connectivity index (χ3n) is 2.58. The van der Waals surface area contributed by atoms with Crippen LogP contribution in [0.25, 0.3) is 0 Å². The summed E-state index contributed by atoms with van der Waals surface area (Å²) in [6.45, 7) is 5.85. The van der Waals surface area contributed by atoms with Crippen molar-refractivity contribution < 1.29 is 5.11 Å². The maximum absolute atomic E-state index is 8.97. The van der Waals surface area contributed by atoms with Gasteiger partial charge in [-0.15, -0.1) is 0 Å². The second kappa shape index (κ2) is 5.88. The van der Waals surface area contributed by atoms with Crippen molar-refractivity contribution in [3.63, 3.8) is 0 Å². The first-order chi connectivity index (χ1) is 7.28. The minimum Gasteiger partial charge on any atom is -0.394 e. The summed E-state index contributed by atoms with van der Waals surface area (Å²) in [5.74, 6) is 0. The standard InChI is InChI=1S/C11H21N3O/c1-4-10-9(8-12-3)11(5-2)14(13-10)6-7-15/h12,15H,4-8H2,1-3H3. The molecule has 1 aromatic heterocycles. The SMILES string of the molecule is CCc1nn(CCO)c(CC)c1CNC. The van der Waals surface area contributed by atoms with E-state index >= 15 is 0 Å². The molecule has 0 fully saturated rings. The lowest BCUT2D eigenvalue weighted by Crippen LogP contribution is -2.11. The van der Waals surface area contributed by atoms with Gasteiger partial charge in [-0.3, -0.25) is 4.68 Å². The molecule has 0 radical (unpaired) electrons. The van der Waals surface area contributed by atoms with Gasteiger partial charge in [0.2, 0.25) is 0 Å². The van der Waals surface area contributed by atoms with Crippen LogP contribution in [0, 0.1) is 0 Å². The summed E-state index contributed by atoms with van der Waals surface area (Å²) in [7, 11) is 1.95. The molecule has 0 amide bonds. The zero-order valence-corrected chi connectivity index (χ0v) is 9.88. The molecule has 0 spiro atoms. The quantitative estimate of drug-likeness (QED) is 0.729. The van der Waals surface area contributed by atoms with Gasteiger partial charge >= 0.3 is 0 Å². The van der Waals surface area contributed by atoms with Crippen LogP contribution in [0.3, 0.4) is 0 Å². The van der Waals surface area contributed by atoms with E-state index in [0.29, 0.717) is 6.54 Å². The summed E-state index contributed by atoms with van der Waals surface area (Å²) in [6, 6.07) is 0. The minimum absolute atomic E-state index is 0.150. The van der Waals surface area contributed by atoms with Crippen LogP contribution in [-0.4, -0.2) is 28.5 Å². The zero-order chi connectivity index (χ0) is 11.3. The molecule has 0 saturated heterocycles. The summed E-state index contributed by atoms with van der Waals surface area (Å²) in [5.41, 5.74) is 3.70. The van der Waals surface area contributed by atoms with E-state index in [1.807, 2.05) is 11.7 Å². The van der Waals surface area contributed by atoms with Gasteiger partial charge in [-0.25, -0.2) is 0 Å². The van der Waals surface area contributed by atoms with Crippen LogP contribution in [-0.2, 0) is 25.9 Å². The van der Waals surface area contributed by atoms with Crippen molar-refractivity contribution in [2.24, 2.45) is 0 Å². The number of nitrogens with zero attached hydrogens (tertiary/aromatic N) is 2. The molecule has 4 nitrogen and oxygen atoms in total. The molecule has 0 aromatic carbocycles. The molecule has 15 heavy (non-hydrogen) atoms. The van der Waals surface area contributed by atoms with E-state index in [1.54, 1.807) is 0 Å². The number of aliphatic hydroxyl groups excluding tert-OH is 1. The van der Waals surface area contributed by atoms with Crippen molar-refractivity contribution >= 4 is 0 Å². The van der Waals surface area contributed by atoms with Crippen LogP contribution >= 0.6 is 0 Å². The van der Waals surface area contributed by atoms with Crippen molar-refractivity contribution in [3.05, 3.63) is 17.0 Å². The van der Waals surface area contributed by atoms with Gasteiger partial charge in [0.25, 0.3) is 0 Å². The Morgan fingerprint density at radius 3 is 2.53 bits per heavy atom. The van der Waals surface area contributed by atoms with E-state index in [2.05, 4.69) is 24.3 Å². The Bertz CT molecular complexity index is 307. The number of aryl methyl sites for hydroxylation is 1. The number of aromatic nitrogens is 2. The van der Waals surface area contributed by atoms with Gasteiger partial charge in [0.1, 0.15) is 0 Å². The molecule has 0 aliphatic carbocycles. The van der Waals surface area contributed by atoms with Gasteiger partial charge in [0, 0.05) is 17.8 Å². The monoisotopic (exact) mass is 211 g/mol. The van der Waals surface area contributed by atoms with Crippen LogP contribution in [0.15, 0.2) is 0 Å². The fraction of sp³-hybridized carbons (Fsp3) is 0.727. The highest BCUT2D eigenvalue weighted by atomic mass is 16.3. The van der Waals surface area contributed by atoms with Gasteiger partial charge in [-0.2, -0.15) is 5.10 Å². The van der Waals surface area contributed by atoms with Crippen molar-refractivity contribution in [3.8, 4) is 0 Å². The highest BCUT2D eigenvalue weighted by Gasteiger charge is 2.13. The fourth-order valence-electron chi connectivity index (χ4n) is 1.93. The molecule has 1 heterocycles. The molecule has 0 aliphatic heterocycles. The van der Waals surface area contributed by atoms with E-state index in [0.717, 1.165) is 25.1 Å². The van der Waals surface area contributed by atoms with Gasteiger partial charge < -0.3 is 10.4 Å². The van der Waals surface area contributed by atoms with Gasteiger partial charge in [-0.05, 0) is 19.9 Å². The summed E-state index contributed by atoms with van der Waals surface area (Å²) in [4.78, 5) is 0. The lowest BCUT2D eigenvalue weighted by Gasteiger charge is -2.05. The van der Waals surface area contributed by atoms with Gasteiger partial charge in [0.15, 0.2) is 0 Å². The largest absolute Gasteiger partial charge is 0.394 e. The fourth-order valence-corrected chi connectivity index (χ4v) is 1.93. The molecule has 86 valence electrons. The number of rotatable bonds is 6. The Balaban J connectivity index is 3.07. The second-order valence-corrected chi connectivity index (χ2v) is 3.56. The molecular weight excluding hydrogens is 190 g/mol.